The zero-order chi connectivity index (χ0) is 25.4. The molecule has 2 saturated heterocycles. The molecule has 0 atom stereocenters. The summed E-state index contributed by atoms with van der Waals surface area (Å²) in [5, 5.41) is 0.778. The molecule has 2 aliphatic heterocycles. The van der Waals surface area contributed by atoms with Crippen molar-refractivity contribution in [2.75, 3.05) is 39.5 Å². The van der Waals surface area contributed by atoms with E-state index in [4.69, 9.17) is 9.47 Å². The first kappa shape index (κ1) is 24.1. The van der Waals surface area contributed by atoms with Crippen molar-refractivity contribution in [3.8, 4) is 16.9 Å². The summed E-state index contributed by atoms with van der Waals surface area (Å²) < 4.78 is 30.2. The molecular formula is C29H33FN4O3. The van der Waals surface area contributed by atoms with Gasteiger partial charge in [-0.1, -0.05) is 12.1 Å². The highest BCUT2D eigenvalue weighted by Crippen LogP contribution is 2.34. The number of fused-ring (bicyclic) bond motifs is 3. The third-order valence-electron chi connectivity index (χ3n) is 7.81. The molecule has 0 spiro atoms. The second-order valence-electron chi connectivity index (χ2n) is 10.2. The molecule has 2 aromatic carbocycles. The molecule has 2 fully saturated rings. The second-order valence-corrected chi connectivity index (χ2v) is 10.2. The Morgan fingerprint density at radius 1 is 1.11 bits per heavy atom. The van der Waals surface area contributed by atoms with Crippen LogP contribution in [0, 0.1) is 5.82 Å². The van der Waals surface area contributed by atoms with Crippen molar-refractivity contribution in [2.24, 2.45) is 7.05 Å². The summed E-state index contributed by atoms with van der Waals surface area (Å²) in [6, 6.07) is 10.9. The van der Waals surface area contributed by atoms with Gasteiger partial charge < -0.3 is 14.4 Å². The van der Waals surface area contributed by atoms with Crippen LogP contribution >= 0.6 is 0 Å². The predicted octanol–water partition coefficient (Wildman–Crippen LogP) is 4.91. The number of nitrogens with zero attached hydrogens (tertiary/aromatic N) is 4. The van der Waals surface area contributed by atoms with E-state index in [1.807, 2.05) is 34.9 Å². The standard InChI is InChI=1S/C29H33FN4O3/c1-32-27-19-31-26-18-25(30)23(17-24(26)28(27)34(29(32)35)21-9-15-36-16-10-21)20-5-7-22(8-6-20)37-14-4-13-33-11-2-3-12-33/h5-8,17-19,21H,2-4,9-16H2,1H3. The van der Waals surface area contributed by atoms with E-state index in [-0.39, 0.29) is 17.5 Å². The van der Waals surface area contributed by atoms with Crippen molar-refractivity contribution in [2.45, 2.75) is 38.1 Å². The van der Waals surface area contributed by atoms with Crippen LogP contribution in [0.15, 0.2) is 47.4 Å². The average molecular weight is 505 g/mol. The van der Waals surface area contributed by atoms with Gasteiger partial charge in [0.05, 0.1) is 29.4 Å². The van der Waals surface area contributed by atoms with Gasteiger partial charge in [-0.3, -0.25) is 14.1 Å². The number of benzene rings is 2. The van der Waals surface area contributed by atoms with E-state index in [9.17, 15) is 4.79 Å². The summed E-state index contributed by atoms with van der Waals surface area (Å²) in [5.74, 6) is 0.446. The molecular weight excluding hydrogens is 471 g/mol. The summed E-state index contributed by atoms with van der Waals surface area (Å²) in [7, 11) is 1.77. The summed E-state index contributed by atoms with van der Waals surface area (Å²) in [6.45, 7) is 5.39. The first-order chi connectivity index (χ1) is 18.1. The number of hydrogen-bond donors (Lipinski definition) is 0. The van der Waals surface area contributed by atoms with Gasteiger partial charge in [0.15, 0.2) is 0 Å². The van der Waals surface area contributed by atoms with Crippen LogP contribution < -0.4 is 10.4 Å². The van der Waals surface area contributed by atoms with Crippen LogP contribution in [0.4, 0.5) is 4.39 Å². The zero-order valence-electron chi connectivity index (χ0n) is 21.3. The molecule has 4 aromatic rings. The van der Waals surface area contributed by atoms with Gasteiger partial charge in [-0.15, -0.1) is 0 Å². The predicted molar refractivity (Wildman–Crippen MR) is 143 cm³/mol. The van der Waals surface area contributed by atoms with Crippen molar-refractivity contribution in [1.82, 2.24) is 19.0 Å². The lowest BCUT2D eigenvalue weighted by Gasteiger charge is -2.23. The van der Waals surface area contributed by atoms with Crippen LogP contribution in [0.1, 0.15) is 38.1 Å². The Hall–Kier alpha value is -3.23. The Labute approximate surface area is 215 Å². The lowest BCUT2D eigenvalue weighted by Crippen LogP contribution is -2.29. The van der Waals surface area contributed by atoms with Gasteiger partial charge in [0, 0.05) is 49.9 Å². The van der Waals surface area contributed by atoms with Crippen LogP contribution in [0.2, 0.25) is 0 Å². The van der Waals surface area contributed by atoms with E-state index >= 15 is 4.39 Å². The first-order valence-electron chi connectivity index (χ1n) is 13.3. The lowest BCUT2D eigenvalue weighted by atomic mass is 10.0. The van der Waals surface area contributed by atoms with E-state index in [2.05, 4.69) is 9.88 Å². The number of likely N-dealkylation sites (tertiary alicyclic amines) is 1. The third-order valence-corrected chi connectivity index (χ3v) is 7.81. The van der Waals surface area contributed by atoms with Gasteiger partial charge in [0.25, 0.3) is 0 Å². The minimum Gasteiger partial charge on any atom is -0.494 e. The maximum Gasteiger partial charge on any atom is 0.329 e. The molecule has 0 unspecified atom stereocenters. The number of pyridine rings is 1. The number of imidazole rings is 1. The molecule has 2 aliphatic rings. The highest BCUT2D eigenvalue weighted by atomic mass is 19.1. The molecule has 0 amide bonds. The highest BCUT2D eigenvalue weighted by molar-refractivity contribution is 6.04. The Morgan fingerprint density at radius 3 is 2.62 bits per heavy atom. The Balaban J connectivity index is 1.31. The van der Waals surface area contributed by atoms with E-state index in [0.717, 1.165) is 53.5 Å². The Kier molecular flexibility index (Phi) is 6.69. The molecule has 0 aliphatic carbocycles. The lowest BCUT2D eigenvalue weighted by molar-refractivity contribution is 0.0697. The molecule has 37 heavy (non-hydrogen) atoms. The van der Waals surface area contributed by atoms with E-state index in [0.29, 0.717) is 30.9 Å². The second kappa shape index (κ2) is 10.3. The summed E-state index contributed by atoms with van der Waals surface area (Å²) >= 11 is 0. The molecule has 0 bridgehead atoms. The fourth-order valence-electron chi connectivity index (χ4n) is 5.77. The van der Waals surface area contributed by atoms with Crippen LogP contribution in [0.25, 0.3) is 33.1 Å². The summed E-state index contributed by atoms with van der Waals surface area (Å²) in [6.07, 6.45) is 6.81. The van der Waals surface area contributed by atoms with E-state index < -0.39 is 0 Å². The van der Waals surface area contributed by atoms with Gasteiger partial charge >= 0.3 is 5.69 Å². The fourth-order valence-corrected chi connectivity index (χ4v) is 5.77. The van der Waals surface area contributed by atoms with Gasteiger partial charge in [-0.25, -0.2) is 9.18 Å². The summed E-state index contributed by atoms with van der Waals surface area (Å²) in [4.78, 5) is 20.2. The molecule has 8 heteroatoms. The van der Waals surface area contributed by atoms with Crippen molar-refractivity contribution in [3.05, 3.63) is 58.9 Å². The highest BCUT2D eigenvalue weighted by Gasteiger charge is 2.24. The molecule has 194 valence electrons. The van der Waals surface area contributed by atoms with E-state index in [1.54, 1.807) is 17.8 Å². The minimum absolute atomic E-state index is 0.0472. The van der Waals surface area contributed by atoms with Crippen molar-refractivity contribution < 1.29 is 13.9 Å². The SMILES string of the molecule is Cn1c(=O)n(C2CCOCC2)c2c3cc(-c4ccc(OCCCN5CCCC5)cc4)c(F)cc3ncc21. The molecule has 0 N–H and O–H groups in total. The van der Waals surface area contributed by atoms with Crippen molar-refractivity contribution >= 4 is 21.9 Å². The van der Waals surface area contributed by atoms with Crippen molar-refractivity contribution in [1.29, 1.82) is 0 Å². The smallest absolute Gasteiger partial charge is 0.329 e. The normalized spacial score (nSPS) is 17.2. The summed E-state index contributed by atoms with van der Waals surface area (Å²) in [5.41, 5.74) is 3.27. The number of halogens is 1. The maximum atomic E-state index is 15.3. The van der Waals surface area contributed by atoms with Gasteiger partial charge in [-0.05, 0) is 69.0 Å². The van der Waals surface area contributed by atoms with Crippen LogP contribution in [-0.4, -0.2) is 58.5 Å². The topological polar surface area (TPSA) is 61.5 Å². The number of aromatic nitrogens is 3. The maximum absolute atomic E-state index is 15.3. The molecule has 0 radical (unpaired) electrons. The monoisotopic (exact) mass is 504 g/mol. The minimum atomic E-state index is -0.338. The first-order valence-corrected chi connectivity index (χ1v) is 13.3. The van der Waals surface area contributed by atoms with Crippen LogP contribution in [0.5, 0.6) is 5.75 Å². The fraction of sp³-hybridized carbons (Fsp3) is 0.448. The van der Waals surface area contributed by atoms with Crippen molar-refractivity contribution in [3.63, 3.8) is 0 Å². The number of aryl methyl sites for hydroxylation is 1. The number of rotatable bonds is 7. The Bertz CT molecular complexity index is 1470. The Morgan fingerprint density at radius 2 is 1.86 bits per heavy atom. The van der Waals surface area contributed by atoms with Gasteiger partial charge in [-0.2, -0.15) is 0 Å². The van der Waals surface area contributed by atoms with Crippen LogP contribution in [0.3, 0.4) is 0 Å². The number of hydrogen-bond acceptors (Lipinski definition) is 5. The van der Waals surface area contributed by atoms with Gasteiger partial charge in [0.1, 0.15) is 11.6 Å². The largest absolute Gasteiger partial charge is 0.494 e. The molecule has 0 saturated carbocycles. The average Bonchev–Trinajstić information content (AvgIpc) is 3.53. The molecule has 6 rings (SSSR count). The van der Waals surface area contributed by atoms with Crippen LogP contribution in [-0.2, 0) is 11.8 Å². The molecule has 4 heterocycles. The quantitative estimate of drug-likeness (QED) is 0.335. The third kappa shape index (κ3) is 4.64. The van der Waals surface area contributed by atoms with E-state index in [1.165, 1.54) is 32.0 Å². The molecule has 7 nitrogen and oxygen atoms in total. The number of ether oxygens (including phenoxy) is 2. The van der Waals surface area contributed by atoms with Gasteiger partial charge in [0.2, 0.25) is 0 Å². The zero-order valence-corrected chi connectivity index (χ0v) is 21.3. The molecule has 2 aromatic heterocycles.